The van der Waals surface area contributed by atoms with E-state index in [0.717, 1.165) is 103 Å². The lowest BCUT2D eigenvalue weighted by Gasteiger charge is -2.18. The molecule has 69 heavy (non-hydrogen) atoms. The van der Waals surface area contributed by atoms with Crippen LogP contribution in [-0.2, 0) is 28.6 Å². The zero-order valence-electron chi connectivity index (χ0n) is 45.0. The van der Waals surface area contributed by atoms with Crippen molar-refractivity contribution in [1.82, 2.24) is 0 Å². The number of carbonyl (C=O) groups is 3. The fourth-order valence-electron chi connectivity index (χ4n) is 7.81. The Kier molecular flexibility index (Phi) is 53.9. The molecule has 1 unspecified atom stereocenters. The van der Waals surface area contributed by atoms with Gasteiger partial charge in [-0.2, -0.15) is 0 Å². The smallest absolute Gasteiger partial charge is 0.306 e. The minimum atomic E-state index is -0.800. The predicted octanol–water partition coefficient (Wildman–Crippen LogP) is 19.3. The summed E-state index contributed by atoms with van der Waals surface area (Å²) in [5, 5.41) is 0. The Morgan fingerprint density at radius 2 is 0.565 bits per heavy atom. The van der Waals surface area contributed by atoms with Crippen molar-refractivity contribution in [3.63, 3.8) is 0 Å². The Bertz CT molecular complexity index is 1380. The number of hydrogen-bond donors (Lipinski definition) is 0. The Labute approximate surface area is 426 Å². The summed E-state index contributed by atoms with van der Waals surface area (Å²) in [6.07, 6.45) is 75.3. The van der Waals surface area contributed by atoms with Gasteiger partial charge in [0.25, 0.3) is 0 Å². The van der Waals surface area contributed by atoms with E-state index in [4.69, 9.17) is 14.2 Å². The number of allylic oxidation sites excluding steroid dienone is 16. The molecule has 0 bridgehead atoms. The molecule has 0 saturated carbocycles. The first-order valence-electron chi connectivity index (χ1n) is 28.8. The molecule has 0 aliphatic heterocycles. The standard InChI is InChI=1S/C63H106O6/c1-4-7-10-13-16-19-22-25-28-30-32-35-38-41-44-47-50-53-56-62(65)68-59-60(58-67-61(64)55-52-49-46-43-40-37-34-27-24-21-18-15-12-9-6-3)69-63(66)57-54-51-48-45-42-39-36-33-31-29-26-23-20-17-14-11-8-5-2/h10,13,16,19,21-22,24-25,28-33,35-36,60H,4-9,11-12,14-15,17-18,20,23,26-27,34,37-59H2,1-3H3/b13-10-,19-16-,24-21-,25-22-,30-28-,31-29-,35-32-,36-33-. The summed E-state index contributed by atoms with van der Waals surface area (Å²) >= 11 is 0. The number of ether oxygens (including phenoxy) is 3. The van der Waals surface area contributed by atoms with Crippen LogP contribution in [0.3, 0.4) is 0 Å². The van der Waals surface area contributed by atoms with Crippen molar-refractivity contribution in [3.05, 3.63) is 97.2 Å². The molecule has 0 radical (unpaired) electrons. The Balaban J connectivity index is 4.48. The third-order valence-corrected chi connectivity index (χ3v) is 12.2. The Morgan fingerprint density at radius 3 is 0.942 bits per heavy atom. The monoisotopic (exact) mass is 959 g/mol. The van der Waals surface area contributed by atoms with Crippen molar-refractivity contribution >= 4 is 17.9 Å². The summed E-state index contributed by atoms with van der Waals surface area (Å²) in [4.78, 5) is 38.2. The van der Waals surface area contributed by atoms with Crippen molar-refractivity contribution < 1.29 is 28.6 Å². The lowest BCUT2D eigenvalue weighted by atomic mass is 10.1. The second kappa shape index (κ2) is 56.9. The fraction of sp³-hybridized carbons (Fsp3) is 0.698. The van der Waals surface area contributed by atoms with Crippen LogP contribution in [0.1, 0.15) is 265 Å². The molecule has 0 amide bonds. The summed E-state index contributed by atoms with van der Waals surface area (Å²) in [6, 6.07) is 0. The maximum atomic E-state index is 12.9. The molecule has 0 aromatic heterocycles. The molecular weight excluding hydrogens is 853 g/mol. The summed E-state index contributed by atoms with van der Waals surface area (Å²) < 4.78 is 16.8. The topological polar surface area (TPSA) is 78.9 Å². The van der Waals surface area contributed by atoms with Gasteiger partial charge in [0.05, 0.1) is 0 Å². The van der Waals surface area contributed by atoms with Crippen LogP contribution in [0.25, 0.3) is 0 Å². The van der Waals surface area contributed by atoms with Gasteiger partial charge in [0.1, 0.15) is 13.2 Å². The average molecular weight is 960 g/mol. The van der Waals surface area contributed by atoms with Gasteiger partial charge in [0.2, 0.25) is 0 Å². The third-order valence-electron chi connectivity index (χ3n) is 12.2. The third kappa shape index (κ3) is 55.1. The molecule has 1 atom stereocenters. The van der Waals surface area contributed by atoms with Gasteiger partial charge in [0, 0.05) is 19.3 Å². The normalized spacial score (nSPS) is 12.8. The van der Waals surface area contributed by atoms with Crippen LogP contribution in [0, 0.1) is 0 Å². The molecule has 6 heteroatoms. The molecule has 0 heterocycles. The SMILES string of the molecule is CCC\C=C/C=C\C=C/C=C\C=C/CCCCCCCC(=O)OCC(COC(=O)CCCCCCCCC/C=C\CCCCCC)OC(=O)CCCCCCC/C=C\C=C/CCCCCCCCC. The van der Waals surface area contributed by atoms with Gasteiger partial charge in [-0.25, -0.2) is 0 Å². The van der Waals surface area contributed by atoms with Crippen molar-refractivity contribution in [2.45, 2.75) is 271 Å². The molecule has 0 aliphatic carbocycles. The highest BCUT2D eigenvalue weighted by Gasteiger charge is 2.19. The highest BCUT2D eigenvalue weighted by atomic mass is 16.6. The maximum absolute atomic E-state index is 12.9. The molecule has 6 nitrogen and oxygen atoms in total. The van der Waals surface area contributed by atoms with E-state index in [1.807, 2.05) is 24.3 Å². The van der Waals surface area contributed by atoms with Crippen LogP contribution in [0.15, 0.2) is 97.2 Å². The van der Waals surface area contributed by atoms with E-state index in [-0.39, 0.29) is 31.1 Å². The number of carbonyl (C=O) groups excluding carboxylic acids is 3. The minimum absolute atomic E-state index is 0.0951. The van der Waals surface area contributed by atoms with E-state index in [2.05, 4.69) is 93.7 Å². The van der Waals surface area contributed by atoms with Gasteiger partial charge in [0.15, 0.2) is 6.10 Å². The first kappa shape index (κ1) is 65.3. The van der Waals surface area contributed by atoms with Gasteiger partial charge in [-0.05, 0) is 89.9 Å². The Hall–Kier alpha value is -3.67. The van der Waals surface area contributed by atoms with Crippen LogP contribution in [0.5, 0.6) is 0 Å². The van der Waals surface area contributed by atoms with Crippen LogP contribution < -0.4 is 0 Å². The van der Waals surface area contributed by atoms with E-state index in [9.17, 15) is 14.4 Å². The molecule has 0 spiro atoms. The van der Waals surface area contributed by atoms with Gasteiger partial charge >= 0.3 is 17.9 Å². The lowest BCUT2D eigenvalue weighted by Crippen LogP contribution is -2.30. The minimum Gasteiger partial charge on any atom is -0.462 e. The molecule has 0 fully saturated rings. The largest absolute Gasteiger partial charge is 0.462 e. The highest BCUT2D eigenvalue weighted by molar-refractivity contribution is 5.71. The highest BCUT2D eigenvalue weighted by Crippen LogP contribution is 2.14. The Morgan fingerprint density at radius 1 is 0.290 bits per heavy atom. The summed E-state index contributed by atoms with van der Waals surface area (Å²) in [5.74, 6) is -0.937. The zero-order valence-corrected chi connectivity index (χ0v) is 45.0. The first-order chi connectivity index (χ1) is 34.0. The average Bonchev–Trinajstić information content (AvgIpc) is 3.35. The number of rotatable bonds is 51. The molecule has 0 saturated heterocycles. The predicted molar refractivity (Wildman–Crippen MR) is 297 cm³/mol. The van der Waals surface area contributed by atoms with Gasteiger partial charge < -0.3 is 14.2 Å². The summed E-state index contributed by atoms with van der Waals surface area (Å²) in [6.45, 7) is 6.50. The van der Waals surface area contributed by atoms with Crippen LogP contribution in [0.2, 0.25) is 0 Å². The second-order valence-electron chi connectivity index (χ2n) is 19.0. The van der Waals surface area contributed by atoms with Gasteiger partial charge in [-0.15, -0.1) is 0 Å². The summed E-state index contributed by atoms with van der Waals surface area (Å²) in [5.41, 5.74) is 0. The molecule has 0 aliphatic rings. The van der Waals surface area contributed by atoms with Crippen molar-refractivity contribution in [1.29, 1.82) is 0 Å². The summed E-state index contributed by atoms with van der Waals surface area (Å²) in [7, 11) is 0. The van der Waals surface area contributed by atoms with E-state index in [1.54, 1.807) is 0 Å². The quantitative estimate of drug-likeness (QED) is 0.0199. The number of unbranched alkanes of at least 4 members (excludes halogenated alkanes) is 29. The number of hydrogen-bond acceptors (Lipinski definition) is 6. The van der Waals surface area contributed by atoms with Crippen molar-refractivity contribution in [3.8, 4) is 0 Å². The molecule has 394 valence electrons. The van der Waals surface area contributed by atoms with Gasteiger partial charge in [-0.1, -0.05) is 253 Å². The van der Waals surface area contributed by atoms with E-state index < -0.39 is 6.10 Å². The number of esters is 3. The van der Waals surface area contributed by atoms with Crippen molar-refractivity contribution in [2.24, 2.45) is 0 Å². The first-order valence-corrected chi connectivity index (χ1v) is 28.8. The van der Waals surface area contributed by atoms with E-state index in [1.165, 1.54) is 122 Å². The van der Waals surface area contributed by atoms with Crippen LogP contribution >= 0.6 is 0 Å². The van der Waals surface area contributed by atoms with Crippen molar-refractivity contribution in [2.75, 3.05) is 13.2 Å². The van der Waals surface area contributed by atoms with Gasteiger partial charge in [-0.3, -0.25) is 14.4 Å². The second-order valence-corrected chi connectivity index (χ2v) is 19.0. The fourth-order valence-corrected chi connectivity index (χ4v) is 7.81. The van der Waals surface area contributed by atoms with E-state index >= 15 is 0 Å². The zero-order chi connectivity index (χ0) is 50.0. The molecule has 0 aromatic rings. The van der Waals surface area contributed by atoms with Crippen LogP contribution in [-0.4, -0.2) is 37.2 Å². The maximum Gasteiger partial charge on any atom is 0.306 e. The van der Waals surface area contributed by atoms with E-state index in [0.29, 0.717) is 19.3 Å². The van der Waals surface area contributed by atoms with Crippen LogP contribution in [0.4, 0.5) is 0 Å². The molecular formula is C63H106O6. The lowest BCUT2D eigenvalue weighted by molar-refractivity contribution is -0.167. The molecule has 0 N–H and O–H groups in total. The molecule has 0 aromatic carbocycles. The molecule has 0 rings (SSSR count).